The highest BCUT2D eigenvalue weighted by molar-refractivity contribution is 6.04. The molecule has 2 aromatic rings. The highest BCUT2D eigenvalue weighted by Crippen LogP contribution is 2.12. The van der Waals surface area contributed by atoms with Gasteiger partial charge in [-0.3, -0.25) is 4.79 Å². The Morgan fingerprint density at radius 2 is 1.88 bits per heavy atom. The molecule has 0 bridgehead atoms. The van der Waals surface area contributed by atoms with Crippen LogP contribution < -0.4 is 0 Å². The molecule has 1 aromatic carbocycles. The van der Waals surface area contributed by atoms with E-state index in [2.05, 4.69) is 0 Å². The van der Waals surface area contributed by atoms with E-state index in [1.54, 1.807) is 49.4 Å². The molecule has 0 saturated heterocycles. The maximum absolute atomic E-state index is 11.7. The van der Waals surface area contributed by atoms with Crippen LogP contribution in [0, 0.1) is 6.92 Å². The van der Waals surface area contributed by atoms with Crippen molar-refractivity contribution in [2.45, 2.75) is 6.92 Å². The number of ketones is 1. The molecule has 0 saturated carbocycles. The number of carbonyl (C=O) groups is 1. The number of hydrogen-bond acceptors (Lipinski definition) is 3. The van der Waals surface area contributed by atoms with Crippen LogP contribution in [0.1, 0.15) is 21.9 Å². The van der Waals surface area contributed by atoms with Crippen molar-refractivity contribution in [1.29, 1.82) is 0 Å². The van der Waals surface area contributed by atoms with Gasteiger partial charge in [0.25, 0.3) is 0 Å². The van der Waals surface area contributed by atoms with E-state index >= 15 is 0 Å². The first-order valence-corrected chi connectivity index (χ1v) is 5.23. The van der Waals surface area contributed by atoms with Gasteiger partial charge >= 0.3 is 0 Å². The summed E-state index contributed by atoms with van der Waals surface area (Å²) in [6, 6.07) is 10.0. The SMILES string of the molecule is Cc1ccc(C(=O)C=Cc2ccc(O)cc2)o1. The summed E-state index contributed by atoms with van der Waals surface area (Å²) in [6.07, 6.45) is 3.13. The summed E-state index contributed by atoms with van der Waals surface area (Å²) in [7, 11) is 0. The van der Waals surface area contributed by atoms with E-state index in [-0.39, 0.29) is 11.5 Å². The van der Waals surface area contributed by atoms with Crippen molar-refractivity contribution in [1.82, 2.24) is 0 Å². The molecule has 1 aromatic heterocycles. The van der Waals surface area contributed by atoms with Gasteiger partial charge in [-0.1, -0.05) is 18.2 Å². The Kier molecular flexibility index (Phi) is 3.10. The van der Waals surface area contributed by atoms with E-state index in [1.807, 2.05) is 0 Å². The molecule has 0 fully saturated rings. The molecule has 17 heavy (non-hydrogen) atoms. The smallest absolute Gasteiger partial charge is 0.221 e. The lowest BCUT2D eigenvalue weighted by molar-refractivity contribution is 0.102. The van der Waals surface area contributed by atoms with E-state index in [9.17, 15) is 4.79 Å². The van der Waals surface area contributed by atoms with Crippen molar-refractivity contribution < 1.29 is 14.3 Å². The minimum absolute atomic E-state index is 0.175. The molecule has 0 radical (unpaired) electrons. The number of carbonyl (C=O) groups excluding carboxylic acids is 1. The first-order chi connectivity index (χ1) is 8.15. The van der Waals surface area contributed by atoms with Gasteiger partial charge in [-0.25, -0.2) is 0 Å². The van der Waals surface area contributed by atoms with Crippen LogP contribution in [-0.4, -0.2) is 10.9 Å². The Bertz CT molecular complexity index is 547. The summed E-state index contributed by atoms with van der Waals surface area (Å²) < 4.78 is 5.21. The number of aryl methyl sites for hydroxylation is 1. The first kappa shape index (κ1) is 11.2. The summed E-state index contributed by atoms with van der Waals surface area (Å²) in [5, 5.41) is 9.11. The molecule has 0 aliphatic rings. The van der Waals surface area contributed by atoms with Crippen molar-refractivity contribution >= 4 is 11.9 Å². The average molecular weight is 228 g/mol. The van der Waals surface area contributed by atoms with Crippen molar-refractivity contribution in [3.8, 4) is 5.75 Å². The third kappa shape index (κ3) is 2.84. The average Bonchev–Trinajstić information content (AvgIpc) is 2.75. The van der Waals surface area contributed by atoms with Gasteiger partial charge in [0.15, 0.2) is 5.76 Å². The monoisotopic (exact) mass is 228 g/mol. The lowest BCUT2D eigenvalue weighted by Gasteiger charge is -1.93. The summed E-state index contributed by atoms with van der Waals surface area (Å²) >= 11 is 0. The van der Waals surface area contributed by atoms with Crippen LogP contribution in [0.3, 0.4) is 0 Å². The quantitative estimate of drug-likeness (QED) is 0.648. The molecule has 3 nitrogen and oxygen atoms in total. The second kappa shape index (κ2) is 4.70. The number of phenols is 1. The van der Waals surface area contributed by atoms with Crippen LogP contribution in [0.2, 0.25) is 0 Å². The Hall–Kier alpha value is -2.29. The fourth-order valence-electron chi connectivity index (χ4n) is 1.41. The minimum atomic E-state index is -0.175. The molecule has 2 rings (SSSR count). The Balaban J connectivity index is 2.10. The van der Waals surface area contributed by atoms with Gasteiger partial charge in [0.1, 0.15) is 11.5 Å². The van der Waals surface area contributed by atoms with Crippen LogP contribution in [0.4, 0.5) is 0 Å². The number of benzene rings is 1. The van der Waals surface area contributed by atoms with E-state index in [0.29, 0.717) is 11.5 Å². The first-order valence-electron chi connectivity index (χ1n) is 5.23. The van der Waals surface area contributed by atoms with Gasteiger partial charge < -0.3 is 9.52 Å². The third-order valence-electron chi connectivity index (χ3n) is 2.30. The number of allylic oxidation sites excluding steroid dienone is 1. The standard InChI is InChI=1S/C14H12O3/c1-10-2-9-14(17-10)13(16)8-5-11-3-6-12(15)7-4-11/h2-9,15H,1H3. The zero-order valence-electron chi connectivity index (χ0n) is 9.38. The normalized spacial score (nSPS) is 10.9. The molecular weight excluding hydrogens is 216 g/mol. The highest BCUT2D eigenvalue weighted by atomic mass is 16.3. The molecule has 0 amide bonds. The third-order valence-corrected chi connectivity index (χ3v) is 2.30. The fraction of sp³-hybridized carbons (Fsp3) is 0.0714. The molecule has 1 heterocycles. The van der Waals surface area contributed by atoms with Gasteiger partial charge in [-0.2, -0.15) is 0 Å². The van der Waals surface area contributed by atoms with Crippen molar-refractivity contribution in [3.63, 3.8) is 0 Å². The highest BCUT2D eigenvalue weighted by Gasteiger charge is 2.05. The molecular formula is C14H12O3. The second-order valence-corrected chi connectivity index (χ2v) is 3.70. The molecule has 3 heteroatoms. The van der Waals surface area contributed by atoms with E-state index in [4.69, 9.17) is 9.52 Å². The molecule has 86 valence electrons. The van der Waals surface area contributed by atoms with E-state index < -0.39 is 0 Å². The largest absolute Gasteiger partial charge is 0.508 e. The molecule has 0 spiro atoms. The van der Waals surface area contributed by atoms with Crippen molar-refractivity contribution in [2.75, 3.05) is 0 Å². The van der Waals surface area contributed by atoms with Gasteiger partial charge in [-0.15, -0.1) is 0 Å². The Morgan fingerprint density at radius 3 is 2.47 bits per heavy atom. The lowest BCUT2D eigenvalue weighted by Crippen LogP contribution is -1.90. The maximum Gasteiger partial charge on any atom is 0.221 e. The number of aromatic hydroxyl groups is 1. The summed E-state index contributed by atoms with van der Waals surface area (Å²) in [5.41, 5.74) is 0.847. The van der Waals surface area contributed by atoms with E-state index in [1.165, 1.54) is 6.08 Å². The zero-order chi connectivity index (χ0) is 12.3. The number of phenolic OH excluding ortho intramolecular Hbond substituents is 1. The van der Waals surface area contributed by atoms with Crippen LogP contribution in [0.15, 0.2) is 46.9 Å². The van der Waals surface area contributed by atoms with Gasteiger partial charge in [0.05, 0.1) is 0 Å². The van der Waals surface area contributed by atoms with Gasteiger partial charge in [-0.05, 0) is 42.8 Å². The second-order valence-electron chi connectivity index (χ2n) is 3.70. The molecule has 1 N–H and O–H groups in total. The molecule has 0 unspecified atom stereocenters. The fourth-order valence-corrected chi connectivity index (χ4v) is 1.41. The molecule has 0 atom stereocenters. The van der Waals surface area contributed by atoms with Gasteiger partial charge in [0.2, 0.25) is 5.78 Å². The van der Waals surface area contributed by atoms with Crippen LogP contribution >= 0.6 is 0 Å². The molecule has 0 aliphatic carbocycles. The summed E-state index contributed by atoms with van der Waals surface area (Å²) in [5.74, 6) is 1.07. The maximum atomic E-state index is 11.7. The summed E-state index contributed by atoms with van der Waals surface area (Å²) in [6.45, 7) is 1.79. The van der Waals surface area contributed by atoms with Gasteiger partial charge in [0, 0.05) is 0 Å². The minimum Gasteiger partial charge on any atom is -0.508 e. The predicted molar refractivity (Wildman–Crippen MR) is 64.9 cm³/mol. The zero-order valence-corrected chi connectivity index (χ0v) is 9.38. The van der Waals surface area contributed by atoms with Crippen molar-refractivity contribution in [3.05, 3.63) is 59.6 Å². The topological polar surface area (TPSA) is 50.4 Å². The van der Waals surface area contributed by atoms with Crippen LogP contribution in [-0.2, 0) is 0 Å². The lowest BCUT2D eigenvalue weighted by atomic mass is 10.2. The van der Waals surface area contributed by atoms with Crippen LogP contribution in [0.25, 0.3) is 6.08 Å². The van der Waals surface area contributed by atoms with E-state index in [0.717, 1.165) is 5.56 Å². The number of furan rings is 1. The molecule has 0 aliphatic heterocycles. The van der Waals surface area contributed by atoms with Crippen LogP contribution in [0.5, 0.6) is 5.75 Å². The van der Waals surface area contributed by atoms with Crippen molar-refractivity contribution in [2.24, 2.45) is 0 Å². The number of rotatable bonds is 3. The predicted octanol–water partition coefficient (Wildman–Crippen LogP) is 3.19. The summed E-state index contributed by atoms with van der Waals surface area (Å²) in [4.78, 5) is 11.7. The Morgan fingerprint density at radius 1 is 1.18 bits per heavy atom. The Labute approximate surface area is 99.0 Å². The number of hydrogen-bond donors (Lipinski definition) is 1.